The smallest absolute Gasteiger partial charge is 0.258 e. The van der Waals surface area contributed by atoms with E-state index in [0.717, 1.165) is 5.52 Å². The highest BCUT2D eigenvalue weighted by Crippen LogP contribution is 2.12. The minimum Gasteiger partial charge on any atom is -0.391 e. The Kier molecular flexibility index (Phi) is 2.47. The molecule has 0 spiro atoms. The van der Waals surface area contributed by atoms with Crippen LogP contribution in [0.1, 0.15) is 23.7 Å². The van der Waals surface area contributed by atoms with Gasteiger partial charge < -0.3 is 10.2 Å². The van der Waals surface area contributed by atoms with Crippen LogP contribution in [0, 0.1) is 0 Å². The van der Waals surface area contributed by atoms with Crippen molar-refractivity contribution in [1.29, 1.82) is 0 Å². The van der Waals surface area contributed by atoms with Gasteiger partial charge in [0.1, 0.15) is 6.10 Å². The molecule has 0 saturated heterocycles. The number of oxime groups is 1. The van der Waals surface area contributed by atoms with Crippen molar-refractivity contribution in [2.45, 2.75) is 19.4 Å². The van der Waals surface area contributed by atoms with Crippen LogP contribution in [0.2, 0.25) is 0 Å². The number of amides is 1. The number of carbonyl (C=O) groups excluding carboxylic acids is 1. The van der Waals surface area contributed by atoms with Crippen LogP contribution in [0.4, 0.5) is 0 Å². The van der Waals surface area contributed by atoms with Gasteiger partial charge in [0.15, 0.2) is 5.84 Å². The molecule has 1 aliphatic rings. The van der Waals surface area contributed by atoms with Gasteiger partial charge in [-0.05, 0) is 25.1 Å². The van der Waals surface area contributed by atoms with Gasteiger partial charge in [0, 0.05) is 12.6 Å². The van der Waals surface area contributed by atoms with E-state index in [1.807, 2.05) is 6.92 Å². The number of aromatic nitrogens is 2. The molecule has 0 bridgehead atoms. The zero-order valence-electron chi connectivity index (χ0n) is 9.83. The van der Waals surface area contributed by atoms with E-state index in [4.69, 9.17) is 4.84 Å². The minimum atomic E-state index is -0.197. The summed E-state index contributed by atoms with van der Waals surface area (Å²) in [7, 11) is 0. The molecule has 6 nitrogen and oxygen atoms in total. The van der Waals surface area contributed by atoms with E-state index >= 15 is 0 Å². The Morgan fingerprint density at radius 1 is 1.56 bits per heavy atom. The standard InChI is InChI=1S/C12H12N4O2/c1-8-7-11(15-18-8)14-12(17)9-3-2-6-16-10(9)4-5-13-16/h2-6,8H,7H2,1H3,(H,14,15,17). The van der Waals surface area contributed by atoms with Crippen molar-refractivity contribution < 1.29 is 9.63 Å². The molecule has 0 fully saturated rings. The Morgan fingerprint density at radius 3 is 3.22 bits per heavy atom. The number of pyridine rings is 1. The lowest BCUT2D eigenvalue weighted by Gasteiger charge is -2.04. The number of hydrogen-bond donors (Lipinski definition) is 1. The van der Waals surface area contributed by atoms with Gasteiger partial charge in [0.2, 0.25) is 0 Å². The quantitative estimate of drug-likeness (QED) is 0.819. The maximum absolute atomic E-state index is 12.1. The molecule has 0 saturated carbocycles. The Balaban J connectivity index is 1.86. The van der Waals surface area contributed by atoms with E-state index < -0.39 is 0 Å². The number of nitrogens with zero attached hydrogens (tertiary/aromatic N) is 3. The number of amidine groups is 1. The van der Waals surface area contributed by atoms with Crippen LogP contribution in [0.3, 0.4) is 0 Å². The van der Waals surface area contributed by atoms with Crippen molar-refractivity contribution in [3.63, 3.8) is 0 Å². The molecule has 3 rings (SSSR count). The summed E-state index contributed by atoms with van der Waals surface area (Å²) in [5.74, 6) is 0.367. The molecule has 0 radical (unpaired) electrons. The molecule has 1 amide bonds. The number of fused-ring (bicyclic) bond motifs is 1. The van der Waals surface area contributed by atoms with Gasteiger partial charge in [-0.15, -0.1) is 0 Å². The van der Waals surface area contributed by atoms with E-state index in [1.54, 1.807) is 35.1 Å². The van der Waals surface area contributed by atoms with E-state index in [0.29, 0.717) is 17.8 Å². The van der Waals surface area contributed by atoms with Crippen molar-refractivity contribution in [3.8, 4) is 0 Å². The summed E-state index contributed by atoms with van der Waals surface area (Å²) < 4.78 is 1.66. The van der Waals surface area contributed by atoms with Gasteiger partial charge in [-0.25, -0.2) is 4.52 Å². The third-order valence-electron chi connectivity index (χ3n) is 2.76. The molecule has 92 valence electrons. The fraction of sp³-hybridized carbons (Fsp3) is 0.250. The summed E-state index contributed by atoms with van der Waals surface area (Å²) in [5.41, 5.74) is 1.33. The Morgan fingerprint density at radius 2 is 2.44 bits per heavy atom. The SMILES string of the molecule is CC1CC(NC(=O)c2cccn3nccc23)=NO1. The topological polar surface area (TPSA) is 68.0 Å². The minimum absolute atomic E-state index is 0.0195. The molecule has 1 atom stereocenters. The highest BCUT2D eigenvalue weighted by atomic mass is 16.6. The Labute approximate surface area is 103 Å². The highest BCUT2D eigenvalue weighted by molar-refractivity contribution is 6.09. The molecular formula is C12H12N4O2. The van der Waals surface area contributed by atoms with Crippen LogP contribution in [0.5, 0.6) is 0 Å². The van der Waals surface area contributed by atoms with Gasteiger partial charge in [0.05, 0.1) is 17.3 Å². The number of carbonyl (C=O) groups is 1. The molecule has 1 unspecified atom stereocenters. The van der Waals surface area contributed by atoms with Gasteiger partial charge in [-0.2, -0.15) is 5.10 Å². The first-order chi connectivity index (χ1) is 8.74. The van der Waals surface area contributed by atoms with Crippen molar-refractivity contribution in [2.75, 3.05) is 0 Å². The molecule has 0 aromatic carbocycles. The van der Waals surface area contributed by atoms with Gasteiger partial charge in [-0.1, -0.05) is 5.16 Å². The van der Waals surface area contributed by atoms with Gasteiger partial charge in [0.25, 0.3) is 5.91 Å². The number of hydrogen-bond acceptors (Lipinski definition) is 4. The summed E-state index contributed by atoms with van der Waals surface area (Å²) in [4.78, 5) is 17.2. The summed E-state index contributed by atoms with van der Waals surface area (Å²) in [6.45, 7) is 1.90. The lowest BCUT2D eigenvalue weighted by molar-refractivity contribution is 0.0968. The van der Waals surface area contributed by atoms with Crippen LogP contribution in [-0.4, -0.2) is 27.5 Å². The fourth-order valence-electron chi connectivity index (χ4n) is 1.92. The Hall–Kier alpha value is -2.37. The van der Waals surface area contributed by atoms with Crippen LogP contribution < -0.4 is 5.32 Å². The van der Waals surface area contributed by atoms with Gasteiger partial charge in [-0.3, -0.25) is 4.79 Å². The third-order valence-corrected chi connectivity index (χ3v) is 2.76. The van der Waals surface area contributed by atoms with E-state index in [9.17, 15) is 4.79 Å². The maximum atomic E-state index is 12.1. The molecule has 2 aromatic heterocycles. The van der Waals surface area contributed by atoms with Crippen molar-refractivity contribution >= 4 is 17.3 Å². The molecule has 0 aliphatic carbocycles. The second-order valence-corrected chi connectivity index (χ2v) is 4.20. The monoisotopic (exact) mass is 244 g/mol. The summed E-state index contributed by atoms with van der Waals surface area (Å²) in [5, 5.41) is 10.7. The second kappa shape index (κ2) is 4.14. The van der Waals surface area contributed by atoms with Crippen molar-refractivity contribution in [3.05, 3.63) is 36.2 Å². The number of rotatable bonds is 1. The maximum Gasteiger partial charge on any atom is 0.258 e. The predicted octanol–water partition coefficient (Wildman–Crippen LogP) is 1.19. The van der Waals surface area contributed by atoms with Crippen molar-refractivity contribution in [1.82, 2.24) is 14.9 Å². The average molecular weight is 244 g/mol. The molecule has 2 aromatic rings. The van der Waals surface area contributed by atoms with Crippen LogP contribution in [0.15, 0.2) is 35.7 Å². The molecular weight excluding hydrogens is 232 g/mol. The van der Waals surface area contributed by atoms with Crippen LogP contribution >= 0.6 is 0 Å². The summed E-state index contributed by atoms with van der Waals surface area (Å²) in [6.07, 6.45) is 4.09. The van der Waals surface area contributed by atoms with E-state index in [1.165, 1.54) is 0 Å². The first-order valence-corrected chi connectivity index (χ1v) is 5.70. The first-order valence-electron chi connectivity index (χ1n) is 5.70. The van der Waals surface area contributed by atoms with Crippen molar-refractivity contribution in [2.24, 2.45) is 5.16 Å². The highest BCUT2D eigenvalue weighted by Gasteiger charge is 2.19. The van der Waals surface area contributed by atoms with Gasteiger partial charge >= 0.3 is 0 Å². The summed E-state index contributed by atoms with van der Waals surface area (Å²) >= 11 is 0. The molecule has 3 heterocycles. The lowest BCUT2D eigenvalue weighted by atomic mass is 10.2. The van der Waals surface area contributed by atoms with Crippen LogP contribution in [0.25, 0.3) is 5.52 Å². The largest absolute Gasteiger partial charge is 0.391 e. The first kappa shape index (κ1) is 10.8. The fourth-order valence-corrected chi connectivity index (χ4v) is 1.92. The van der Waals surface area contributed by atoms with Crippen LogP contribution in [-0.2, 0) is 4.84 Å². The van der Waals surface area contributed by atoms with E-state index in [-0.39, 0.29) is 12.0 Å². The second-order valence-electron chi connectivity index (χ2n) is 4.20. The molecule has 6 heteroatoms. The lowest BCUT2D eigenvalue weighted by Crippen LogP contribution is -2.30. The predicted molar refractivity (Wildman–Crippen MR) is 65.3 cm³/mol. The molecule has 1 aliphatic heterocycles. The third kappa shape index (κ3) is 1.81. The zero-order valence-corrected chi connectivity index (χ0v) is 9.83. The normalized spacial score (nSPS) is 18.5. The zero-order chi connectivity index (χ0) is 12.5. The molecule has 1 N–H and O–H groups in total. The average Bonchev–Trinajstić information content (AvgIpc) is 2.97. The number of nitrogens with one attached hydrogen (secondary N) is 1. The van der Waals surface area contributed by atoms with E-state index in [2.05, 4.69) is 15.6 Å². The summed E-state index contributed by atoms with van der Waals surface area (Å²) in [6, 6.07) is 5.33. The Bertz CT molecular complexity index is 632. The molecule has 18 heavy (non-hydrogen) atoms.